The third-order valence-electron chi connectivity index (χ3n) is 4.12. The maximum absolute atomic E-state index is 12.2. The van der Waals surface area contributed by atoms with Gasteiger partial charge in [-0.1, -0.05) is 6.92 Å². The first-order valence-electron chi connectivity index (χ1n) is 5.94. The van der Waals surface area contributed by atoms with Gasteiger partial charge in [-0.25, -0.2) is 6.57 Å². The first-order valence-corrected chi connectivity index (χ1v) is 5.94. The number of nitrogens with one attached hydrogen (secondary N) is 1. The molecule has 5 atom stereocenters. The fourth-order valence-electron chi connectivity index (χ4n) is 2.55. The van der Waals surface area contributed by atoms with Crippen LogP contribution in [0.2, 0.25) is 0 Å². The van der Waals surface area contributed by atoms with Crippen LogP contribution >= 0.6 is 0 Å². The molecule has 1 aliphatic carbocycles. The summed E-state index contributed by atoms with van der Waals surface area (Å²) < 4.78 is 0. The molecule has 2 rings (SSSR count). The summed E-state index contributed by atoms with van der Waals surface area (Å²) in [5.74, 6) is 1.17. The van der Waals surface area contributed by atoms with Gasteiger partial charge in [0.05, 0.1) is 11.8 Å². The standard InChI is InChI=1S/C12H19N3O/c1-7(8(2)13-3)12(16)15-6-9-5-10(9)11(15)14-4/h7-11,13H,5-6H2,1-3H3. The minimum absolute atomic E-state index is 0.0493. The van der Waals surface area contributed by atoms with Gasteiger partial charge in [0.2, 0.25) is 5.91 Å². The van der Waals surface area contributed by atoms with Crippen molar-refractivity contribution in [1.29, 1.82) is 0 Å². The summed E-state index contributed by atoms with van der Waals surface area (Å²) in [6, 6.07) is 0.163. The Bertz CT molecular complexity index is 336. The third-order valence-corrected chi connectivity index (χ3v) is 4.12. The van der Waals surface area contributed by atoms with Crippen LogP contribution in [0.4, 0.5) is 0 Å². The lowest BCUT2D eigenvalue weighted by molar-refractivity contribution is -0.136. The monoisotopic (exact) mass is 221 g/mol. The molecule has 0 aromatic carbocycles. The number of carbonyl (C=O) groups excluding carboxylic acids is 1. The van der Waals surface area contributed by atoms with E-state index in [-0.39, 0.29) is 24.0 Å². The summed E-state index contributed by atoms with van der Waals surface area (Å²) in [4.78, 5) is 17.6. The molecule has 4 nitrogen and oxygen atoms in total. The highest BCUT2D eigenvalue weighted by Gasteiger charge is 2.59. The summed E-state index contributed by atoms with van der Waals surface area (Å²) in [6.07, 6.45) is 0.969. The number of carbonyl (C=O) groups is 1. The number of rotatable bonds is 3. The van der Waals surface area contributed by atoms with Crippen molar-refractivity contribution in [3.8, 4) is 0 Å². The predicted octanol–water partition coefficient (Wildman–Crippen LogP) is 0.954. The molecular formula is C12H19N3O. The Labute approximate surface area is 96.8 Å². The van der Waals surface area contributed by atoms with Gasteiger partial charge in [-0.2, -0.15) is 0 Å². The highest BCUT2D eigenvalue weighted by Crippen LogP contribution is 2.50. The highest BCUT2D eigenvalue weighted by atomic mass is 16.2. The molecule has 0 spiro atoms. The van der Waals surface area contributed by atoms with Crippen LogP contribution < -0.4 is 5.32 Å². The average molecular weight is 221 g/mol. The Morgan fingerprint density at radius 3 is 2.81 bits per heavy atom. The molecule has 2 fully saturated rings. The number of likely N-dealkylation sites (tertiary alicyclic amines) is 1. The second-order valence-corrected chi connectivity index (χ2v) is 5.06. The fraction of sp³-hybridized carbons (Fsp3) is 0.833. The molecule has 0 aromatic heterocycles. The van der Waals surface area contributed by atoms with Crippen molar-refractivity contribution in [3.63, 3.8) is 0 Å². The largest absolute Gasteiger partial charge is 0.316 e. The normalized spacial score (nSPS) is 35.1. The van der Waals surface area contributed by atoms with E-state index in [1.54, 1.807) is 4.90 Å². The number of fused-ring (bicyclic) bond motifs is 1. The lowest BCUT2D eigenvalue weighted by atomic mass is 10.0. The molecule has 1 N–H and O–H groups in total. The van der Waals surface area contributed by atoms with Gasteiger partial charge in [-0.05, 0) is 26.3 Å². The summed E-state index contributed by atoms with van der Waals surface area (Å²) in [5, 5.41) is 3.10. The van der Waals surface area contributed by atoms with Crippen molar-refractivity contribution in [2.24, 2.45) is 17.8 Å². The van der Waals surface area contributed by atoms with E-state index in [0.29, 0.717) is 11.8 Å². The minimum atomic E-state index is -0.177. The van der Waals surface area contributed by atoms with Crippen molar-refractivity contribution in [3.05, 3.63) is 11.4 Å². The minimum Gasteiger partial charge on any atom is -0.316 e. The van der Waals surface area contributed by atoms with Gasteiger partial charge < -0.3 is 5.32 Å². The molecule has 0 bridgehead atoms. The molecule has 16 heavy (non-hydrogen) atoms. The summed E-state index contributed by atoms with van der Waals surface area (Å²) in [7, 11) is 1.86. The second-order valence-electron chi connectivity index (χ2n) is 5.06. The van der Waals surface area contributed by atoms with Crippen molar-refractivity contribution in [1.82, 2.24) is 10.2 Å². The Kier molecular flexibility index (Phi) is 2.90. The average Bonchev–Trinajstić information content (AvgIpc) is 2.98. The van der Waals surface area contributed by atoms with Gasteiger partial charge in [0, 0.05) is 12.6 Å². The first kappa shape index (κ1) is 11.4. The quantitative estimate of drug-likeness (QED) is 0.720. The Balaban J connectivity index is 2.03. The number of hydrogen-bond donors (Lipinski definition) is 1. The Morgan fingerprint density at radius 2 is 2.25 bits per heavy atom. The first-order chi connectivity index (χ1) is 7.60. The smallest absolute Gasteiger partial charge is 0.303 e. The van der Waals surface area contributed by atoms with Gasteiger partial charge in [0.15, 0.2) is 0 Å². The van der Waals surface area contributed by atoms with Crippen LogP contribution in [-0.2, 0) is 4.79 Å². The van der Waals surface area contributed by atoms with Gasteiger partial charge >= 0.3 is 6.17 Å². The third kappa shape index (κ3) is 1.69. The Hall–Kier alpha value is -1.08. The fourth-order valence-corrected chi connectivity index (χ4v) is 2.55. The lowest BCUT2D eigenvalue weighted by Crippen LogP contribution is -2.45. The van der Waals surface area contributed by atoms with Crippen molar-refractivity contribution in [2.75, 3.05) is 13.6 Å². The van der Waals surface area contributed by atoms with Crippen LogP contribution in [0, 0.1) is 24.3 Å². The van der Waals surface area contributed by atoms with Crippen molar-refractivity contribution < 1.29 is 4.79 Å². The lowest BCUT2D eigenvalue weighted by Gasteiger charge is -2.26. The summed E-state index contributed by atoms with van der Waals surface area (Å²) >= 11 is 0. The van der Waals surface area contributed by atoms with E-state index in [1.165, 1.54) is 0 Å². The molecule has 5 unspecified atom stereocenters. The molecule has 1 saturated carbocycles. The number of piperidine rings is 1. The molecule has 1 aliphatic heterocycles. The van der Waals surface area contributed by atoms with Crippen LogP contribution in [0.15, 0.2) is 0 Å². The number of nitrogens with zero attached hydrogens (tertiary/aromatic N) is 2. The molecule has 1 heterocycles. The van der Waals surface area contributed by atoms with Crippen molar-refractivity contribution in [2.45, 2.75) is 32.5 Å². The van der Waals surface area contributed by atoms with Crippen LogP contribution in [0.3, 0.4) is 0 Å². The van der Waals surface area contributed by atoms with Crippen molar-refractivity contribution >= 4 is 5.91 Å². The molecule has 0 aromatic rings. The zero-order valence-electron chi connectivity index (χ0n) is 10.1. The molecule has 88 valence electrons. The SMILES string of the molecule is [C-]#[N+]C1C2CC2CN1C(=O)C(C)C(C)NC. The predicted molar refractivity (Wildman–Crippen MR) is 61.4 cm³/mol. The van der Waals surface area contributed by atoms with Crippen LogP contribution in [0.25, 0.3) is 4.85 Å². The van der Waals surface area contributed by atoms with Gasteiger partial charge in [0.1, 0.15) is 0 Å². The molecular weight excluding hydrogens is 202 g/mol. The molecule has 1 saturated heterocycles. The van der Waals surface area contributed by atoms with E-state index >= 15 is 0 Å². The highest BCUT2D eigenvalue weighted by molar-refractivity contribution is 5.80. The maximum Gasteiger partial charge on any atom is 0.303 e. The van der Waals surface area contributed by atoms with Gasteiger partial charge in [0.25, 0.3) is 0 Å². The number of hydrogen-bond acceptors (Lipinski definition) is 2. The van der Waals surface area contributed by atoms with E-state index in [0.717, 1.165) is 13.0 Å². The summed E-state index contributed by atoms with van der Waals surface area (Å²) in [5.41, 5.74) is 0. The zero-order valence-corrected chi connectivity index (χ0v) is 10.1. The maximum atomic E-state index is 12.2. The molecule has 4 heteroatoms. The van der Waals surface area contributed by atoms with Gasteiger partial charge in [-0.15, -0.1) is 0 Å². The topological polar surface area (TPSA) is 36.7 Å². The molecule has 1 amide bonds. The molecule has 2 aliphatic rings. The van der Waals surface area contributed by atoms with Crippen LogP contribution in [-0.4, -0.2) is 36.6 Å². The summed E-state index contributed by atoms with van der Waals surface area (Å²) in [6.45, 7) is 11.9. The second kappa shape index (κ2) is 4.06. The van der Waals surface area contributed by atoms with Crippen LogP contribution in [0.5, 0.6) is 0 Å². The van der Waals surface area contributed by atoms with E-state index < -0.39 is 0 Å². The zero-order chi connectivity index (χ0) is 11.9. The van der Waals surface area contributed by atoms with E-state index in [1.807, 2.05) is 20.9 Å². The van der Waals surface area contributed by atoms with E-state index in [2.05, 4.69) is 10.2 Å². The number of amides is 1. The van der Waals surface area contributed by atoms with E-state index in [9.17, 15) is 4.79 Å². The van der Waals surface area contributed by atoms with Gasteiger partial charge in [-0.3, -0.25) is 14.5 Å². The van der Waals surface area contributed by atoms with E-state index in [4.69, 9.17) is 6.57 Å². The molecule has 0 radical (unpaired) electrons. The Morgan fingerprint density at radius 1 is 1.56 bits per heavy atom. The van der Waals surface area contributed by atoms with Crippen LogP contribution in [0.1, 0.15) is 20.3 Å².